The molecule has 0 aromatic carbocycles. The second-order valence-electron chi connectivity index (χ2n) is 42.9. The Balaban J connectivity index is 0.764. The van der Waals surface area contributed by atoms with Crippen molar-refractivity contribution in [1.29, 1.82) is 0 Å². The lowest BCUT2D eigenvalue weighted by atomic mass is 9.33. The van der Waals surface area contributed by atoms with E-state index in [-0.39, 0.29) is 43.9 Å². The number of allylic oxidation sites excluding steroid dienone is 2. The summed E-state index contributed by atoms with van der Waals surface area (Å²) in [6.45, 7) is 20.5. The molecule has 139 heavy (non-hydrogen) atoms. The molecule has 0 radical (unpaired) electrons. The topological polar surface area (TPSA) is 717 Å². The Morgan fingerprint density at radius 3 is 1.60 bits per heavy atom. The monoisotopic (exact) mass is 2000 g/mol. The van der Waals surface area contributed by atoms with Crippen LogP contribution in [0.2, 0.25) is 0 Å². The number of carbonyl (C=O) groups excluding carboxylic acids is 4. The Labute approximate surface area is 804 Å². The first-order valence-electron chi connectivity index (χ1n) is 48.8. The van der Waals surface area contributed by atoms with E-state index in [4.69, 9.17) is 85.3 Å². The zero-order valence-corrected chi connectivity index (χ0v) is 80.5. The maximum Gasteiger partial charge on any atom is 0.335 e. The molecule has 46 heteroatoms. The molecule has 4 saturated carbocycles. The van der Waals surface area contributed by atoms with Crippen LogP contribution in [0.15, 0.2) is 11.6 Å². The van der Waals surface area contributed by atoms with E-state index >= 15 is 4.79 Å². The van der Waals surface area contributed by atoms with Crippen LogP contribution in [-0.4, -0.2) is 438 Å². The Bertz CT molecular complexity index is 4120. The van der Waals surface area contributed by atoms with Gasteiger partial charge in [-0.15, -0.1) is 0 Å². The summed E-state index contributed by atoms with van der Waals surface area (Å²) in [6.07, 6.45) is -71.9. The van der Waals surface area contributed by atoms with Crippen molar-refractivity contribution in [2.45, 2.75) is 450 Å². The molecule has 46 nitrogen and oxygen atoms in total. The first kappa shape index (κ1) is 112. The van der Waals surface area contributed by atoms with E-state index in [0.717, 1.165) is 11.9 Å². The minimum atomic E-state index is -2.28. The van der Waals surface area contributed by atoms with Gasteiger partial charge in [0.15, 0.2) is 62.3 Å². The molecular weight excluding hydrogens is 1850 g/mol. The molecule has 13 rings (SSSR count). The summed E-state index contributed by atoms with van der Waals surface area (Å²) in [5, 5.41) is 257. The highest BCUT2D eigenvalue weighted by Crippen LogP contribution is 2.76. The van der Waals surface area contributed by atoms with Crippen LogP contribution in [-0.2, 0) is 109 Å². The first-order chi connectivity index (χ1) is 65.2. The Morgan fingerprint density at radius 2 is 0.978 bits per heavy atom. The van der Waals surface area contributed by atoms with Crippen molar-refractivity contribution in [3.05, 3.63) is 11.6 Å². The van der Waals surface area contributed by atoms with Crippen LogP contribution in [0.1, 0.15) is 186 Å². The third kappa shape index (κ3) is 21.9. The molecule has 0 bridgehead atoms. The molecule has 0 unspecified atom stereocenters. The Morgan fingerprint density at radius 1 is 0.468 bits per heavy atom. The van der Waals surface area contributed by atoms with Gasteiger partial charge in [0.25, 0.3) is 0 Å². The van der Waals surface area contributed by atoms with Crippen molar-refractivity contribution in [3.63, 3.8) is 0 Å². The number of fused-ring (bicyclic) bond motifs is 7. The van der Waals surface area contributed by atoms with Gasteiger partial charge in [-0.05, 0) is 130 Å². The molecule has 5 aliphatic carbocycles. The molecule has 8 heterocycles. The van der Waals surface area contributed by atoms with E-state index < -0.39 is 384 Å². The quantitative estimate of drug-likeness (QED) is 0.00941. The predicted molar refractivity (Wildman–Crippen MR) is 463 cm³/mol. The van der Waals surface area contributed by atoms with E-state index in [0.29, 0.717) is 44.9 Å². The van der Waals surface area contributed by atoms with Crippen molar-refractivity contribution >= 4 is 30.2 Å². The summed E-state index contributed by atoms with van der Waals surface area (Å²) >= 11 is 0. The molecular formula is C93H150O46. The molecule has 53 atom stereocenters. The van der Waals surface area contributed by atoms with E-state index in [1.54, 1.807) is 27.7 Å². The molecule has 23 N–H and O–H groups in total. The number of carboxylic acids is 1. The van der Waals surface area contributed by atoms with Gasteiger partial charge in [0.1, 0.15) is 158 Å². The molecule has 13 aliphatic rings. The van der Waals surface area contributed by atoms with Gasteiger partial charge < -0.3 is 208 Å². The maximum atomic E-state index is 16.5. The number of aldehydes is 1. The zero-order chi connectivity index (χ0) is 102. The molecule has 0 aromatic rings. The first-order valence-corrected chi connectivity index (χ1v) is 48.8. The highest BCUT2D eigenvalue weighted by Gasteiger charge is 2.74. The molecule has 0 amide bonds. The zero-order valence-electron chi connectivity index (χ0n) is 80.5. The van der Waals surface area contributed by atoms with Gasteiger partial charge in [0.05, 0.1) is 93.5 Å². The second kappa shape index (κ2) is 44.7. The standard InChI is InChI=1S/C93H150O46/c1-14-35(3)46(127-54(102)26-41(98)25-47(36(4)15-2)128-83-65(113)60(108)49(31-95)129-83)24-40(97)27-55(103)132-73-57(105)38(6)125-85(76(73)137-82-68(116)63(111)71(39(7)126-82)133-80-70(118)72(45(100)33-123-80)134-79-64(112)58(106)44(99)32-122-79)139-87(121)93-23-22-88(8,9)28-43(93)42-16-17-51-89(10)20-19-53(90(11,34-96)50(89)18-21-91(51,12)92(42,13)29-52(93)101)131-86-77(138-84-67(115)62(110)59(107)48(30-94)130-84)74(69(117)75(136-86)78(119)120)135-81-66(114)61(109)56(104)37(5)124-81/h16,34-41,43-53,56-77,79-86,94-95,97-101,104-118H,14-15,17-33H2,1-13H3,(H,119,120)/t35-,36+,37+,38-,39+,40+,41+,43+,44-,45-,46-,47+,48-,49+,50-,51-,52-,53+,56+,57+,58+,59+,60+,61-,62+,63+,64-,65-,66-,67-,68-,69+,70-,71+,72+,73+,74+,75+,76-,77-,79+,80+,81+,82+,83-,84+,85+,86-,89+,90+,91-,92-,93-/m1/s1. The van der Waals surface area contributed by atoms with Crippen molar-refractivity contribution < 1.29 is 227 Å². The number of esters is 3. The average molecular weight is 2000 g/mol. The van der Waals surface area contributed by atoms with Gasteiger partial charge in [-0.2, -0.15) is 0 Å². The summed E-state index contributed by atoms with van der Waals surface area (Å²) < 4.78 is 109. The van der Waals surface area contributed by atoms with Crippen molar-refractivity contribution in [2.75, 3.05) is 26.4 Å². The fraction of sp³-hybridized carbons (Fsp3) is 0.925. The number of aliphatic hydroxyl groups excluding tert-OH is 22. The summed E-state index contributed by atoms with van der Waals surface area (Å²) in [6, 6.07) is 0. The fourth-order valence-corrected chi connectivity index (χ4v) is 24.3. The summed E-state index contributed by atoms with van der Waals surface area (Å²) in [5.41, 5.74) is -5.63. The Kier molecular flexibility index (Phi) is 36.0. The van der Waals surface area contributed by atoms with Crippen LogP contribution in [0.4, 0.5) is 0 Å². The normalized spacial score (nSPS) is 49.1. The van der Waals surface area contributed by atoms with Crippen LogP contribution < -0.4 is 0 Å². The number of hydrogen-bond acceptors (Lipinski definition) is 45. The van der Waals surface area contributed by atoms with Crippen LogP contribution in [0, 0.1) is 62.1 Å². The summed E-state index contributed by atoms with van der Waals surface area (Å²) in [4.78, 5) is 72.8. The average Bonchev–Trinajstić information content (AvgIpc) is 0.698. The lowest BCUT2D eigenvalue weighted by Crippen LogP contribution is -2.69. The van der Waals surface area contributed by atoms with Crippen LogP contribution in [0.5, 0.6) is 0 Å². The number of aliphatic hydroxyl groups is 22. The number of carboxylic acid groups (broad SMARTS) is 1. The smallest absolute Gasteiger partial charge is 0.335 e. The lowest BCUT2D eigenvalue weighted by Gasteiger charge is -2.71. The minimum Gasteiger partial charge on any atom is -0.479 e. The molecule has 8 saturated heterocycles. The second-order valence-corrected chi connectivity index (χ2v) is 42.9. The van der Waals surface area contributed by atoms with Gasteiger partial charge in [-0.1, -0.05) is 93.7 Å². The SMILES string of the molecule is CC[C@@H](C)[C@@H](C[C@H](O)CC(=O)O[C@H]1[C@@H](O)[C@@H](C)O[C@@H](OC(=O)[C@]23CCC(C)(C)C[C@H]2C2=CC[C@@H]4[C@@]5(C)CC[C@H](O[C@@H]6O[C@H](C(=O)O)[C@@H](O)[C@H](O[C@@H]7O[C@@H](C)[C@H](O)[C@@H](O)[C@H]7O)[C@H]6O[C@@H]6O[C@H](CO)[C@H](O)[C@H](O)[C@H]6O)[C@@](C)(C=O)[C@@H]5CC[C@@]4(C)[C@]2(C)C[C@H]3O)[C@@H]1O[C@@H]1O[C@@H](C)[C@H](O[C@@H]2OC[C@@H](O)[C@H](O[C@@H]3OC[C@@H](O)[C@H](O)[C@H]3O)[C@H]2O)[C@@H](O)[C@H]1O)OC(=O)C[C@@H](O)C[C@H](O[C@@H]1O[C@@H](CO)[C@H](O)[C@H]1O)[C@@H](C)CC. The highest BCUT2D eigenvalue weighted by molar-refractivity contribution is 5.80. The number of carbonyl (C=O) groups is 5. The maximum absolute atomic E-state index is 16.5. The summed E-state index contributed by atoms with van der Waals surface area (Å²) in [7, 11) is 0. The van der Waals surface area contributed by atoms with Crippen molar-refractivity contribution in [2.24, 2.45) is 62.1 Å². The third-order valence-corrected chi connectivity index (χ3v) is 33.5. The van der Waals surface area contributed by atoms with Gasteiger partial charge >= 0.3 is 23.9 Å². The number of rotatable bonds is 34. The van der Waals surface area contributed by atoms with E-state index in [9.17, 15) is 137 Å². The third-order valence-electron chi connectivity index (χ3n) is 33.5. The summed E-state index contributed by atoms with van der Waals surface area (Å²) in [5.74, 6) is -7.45. The number of hydrogen-bond donors (Lipinski definition) is 23. The Hall–Kier alpha value is -4.19. The van der Waals surface area contributed by atoms with E-state index in [2.05, 4.69) is 26.8 Å². The largest absolute Gasteiger partial charge is 0.479 e. The molecule has 12 fully saturated rings. The number of ether oxygens (including phenoxy) is 18. The molecule has 0 spiro atoms. The van der Waals surface area contributed by atoms with Crippen molar-refractivity contribution in [3.8, 4) is 0 Å². The number of aliphatic carboxylic acids is 1. The highest BCUT2D eigenvalue weighted by atomic mass is 16.8. The predicted octanol–water partition coefficient (Wildman–Crippen LogP) is -5.30. The molecule has 0 aromatic heterocycles. The molecule has 798 valence electrons. The van der Waals surface area contributed by atoms with E-state index in [1.165, 1.54) is 20.8 Å². The van der Waals surface area contributed by atoms with Crippen LogP contribution in [0.25, 0.3) is 0 Å². The molecule has 8 aliphatic heterocycles. The van der Waals surface area contributed by atoms with Gasteiger partial charge in [-0.25, -0.2) is 4.79 Å². The van der Waals surface area contributed by atoms with E-state index in [1.807, 2.05) is 20.8 Å². The van der Waals surface area contributed by atoms with Gasteiger partial charge in [0, 0.05) is 12.8 Å². The van der Waals surface area contributed by atoms with Crippen LogP contribution >= 0.6 is 0 Å². The van der Waals surface area contributed by atoms with Crippen molar-refractivity contribution in [1.82, 2.24) is 0 Å². The van der Waals surface area contributed by atoms with Crippen LogP contribution in [0.3, 0.4) is 0 Å². The lowest BCUT2D eigenvalue weighted by molar-refractivity contribution is -0.394. The fourth-order valence-electron chi connectivity index (χ4n) is 24.3. The minimum absolute atomic E-state index is 0.00217. The van der Waals surface area contributed by atoms with Gasteiger partial charge in [0.2, 0.25) is 6.29 Å². The van der Waals surface area contributed by atoms with Gasteiger partial charge in [-0.3, -0.25) is 14.4 Å².